The SMILES string of the molecule is O=C(NCc1cccnc1)C(=O)N1CCN(C(c2ccccc2)c2ccccc2)CC1. The minimum absolute atomic E-state index is 0.124. The number of hydrogen-bond donors (Lipinski definition) is 1. The normalized spacial score (nSPS) is 14.4. The van der Waals surface area contributed by atoms with Gasteiger partial charge in [0, 0.05) is 45.1 Å². The maximum absolute atomic E-state index is 12.6. The van der Waals surface area contributed by atoms with Crippen LogP contribution in [0.1, 0.15) is 22.7 Å². The van der Waals surface area contributed by atoms with Gasteiger partial charge in [0.05, 0.1) is 6.04 Å². The summed E-state index contributed by atoms with van der Waals surface area (Å²) in [4.78, 5) is 33.0. The molecule has 0 unspecified atom stereocenters. The lowest BCUT2D eigenvalue weighted by Gasteiger charge is -2.39. The minimum atomic E-state index is -0.569. The maximum atomic E-state index is 12.6. The summed E-state index contributed by atoms with van der Waals surface area (Å²) >= 11 is 0. The number of rotatable bonds is 5. The Balaban J connectivity index is 1.38. The Kier molecular flexibility index (Phi) is 6.69. The van der Waals surface area contributed by atoms with Crippen LogP contribution in [0, 0.1) is 0 Å². The molecule has 2 amide bonds. The van der Waals surface area contributed by atoms with Crippen molar-refractivity contribution in [2.45, 2.75) is 12.6 Å². The third-order valence-corrected chi connectivity index (χ3v) is 5.57. The Bertz CT molecular complexity index is 948. The quantitative estimate of drug-likeness (QED) is 0.652. The topological polar surface area (TPSA) is 65.5 Å². The van der Waals surface area contributed by atoms with Crippen molar-refractivity contribution in [1.29, 1.82) is 0 Å². The number of nitrogens with zero attached hydrogens (tertiary/aromatic N) is 3. The van der Waals surface area contributed by atoms with Gasteiger partial charge in [0.25, 0.3) is 0 Å². The van der Waals surface area contributed by atoms with E-state index in [1.807, 2.05) is 18.2 Å². The van der Waals surface area contributed by atoms with Crippen molar-refractivity contribution in [1.82, 2.24) is 20.1 Å². The highest BCUT2D eigenvalue weighted by atomic mass is 16.2. The molecule has 4 rings (SSSR count). The molecule has 2 aromatic carbocycles. The molecule has 1 N–H and O–H groups in total. The molecule has 6 heteroatoms. The van der Waals surface area contributed by atoms with Crippen LogP contribution in [0.5, 0.6) is 0 Å². The van der Waals surface area contributed by atoms with Crippen LogP contribution in [0.15, 0.2) is 85.2 Å². The number of carbonyl (C=O) groups excluding carboxylic acids is 2. The van der Waals surface area contributed by atoms with Crippen LogP contribution < -0.4 is 5.32 Å². The fraction of sp³-hybridized carbons (Fsp3) is 0.240. The molecular formula is C25H26N4O2. The number of carbonyl (C=O) groups is 2. The van der Waals surface area contributed by atoms with Gasteiger partial charge >= 0.3 is 11.8 Å². The van der Waals surface area contributed by atoms with Gasteiger partial charge in [-0.1, -0.05) is 66.7 Å². The summed E-state index contributed by atoms with van der Waals surface area (Å²) < 4.78 is 0. The molecule has 1 fully saturated rings. The summed E-state index contributed by atoms with van der Waals surface area (Å²) in [7, 11) is 0. The maximum Gasteiger partial charge on any atom is 0.311 e. The van der Waals surface area contributed by atoms with Crippen molar-refractivity contribution in [3.05, 3.63) is 102 Å². The zero-order chi connectivity index (χ0) is 21.5. The van der Waals surface area contributed by atoms with Gasteiger partial charge in [-0.25, -0.2) is 0 Å². The van der Waals surface area contributed by atoms with Crippen molar-refractivity contribution >= 4 is 11.8 Å². The van der Waals surface area contributed by atoms with Crippen LogP contribution in [-0.2, 0) is 16.1 Å². The Morgan fingerprint density at radius 3 is 2.00 bits per heavy atom. The van der Waals surface area contributed by atoms with Crippen molar-refractivity contribution in [2.24, 2.45) is 0 Å². The lowest BCUT2D eigenvalue weighted by Crippen LogP contribution is -2.53. The van der Waals surface area contributed by atoms with Crippen LogP contribution in [-0.4, -0.2) is 52.8 Å². The molecule has 0 aliphatic carbocycles. The third-order valence-electron chi connectivity index (χ3n) is 5.57. The first-order chi connectivity index (χ1) is 15.2. The van der Waals surface area contributed by atoms with Gasteiger partial charge in [0.2, 0.25) is 0 Å². The van der Waals surface area contributed by atoms with E-state index in [4.69, 9.17) is 0 Å². The second-order valence-corrected chi connectivity index (χ2v) is 7.60. The Labute approximate surface area is 182 Å². The molecular weight excluding hydrogens is 388 g/mol. The first-order valence-electron chi connectivity index (χ1n) is 10.5. The molecule has 1 saturated heterocycles. The fourth-order valence-corrected chi connectivity index (χ4v) is 3.97. The predicted molar refractivity (Wildman–Crippen MR) is 119 cm³/mol. The highest BCUT2D eigenvalue weighted by Crippen LogP contribution is 2.29. The highest BCUT2D eigenvalue weighted by molar-refractivity contribution is 6.35. The molecule has 31 heavy (non-hydrogen) atoms. The average molecular weight is 415 g/mol. The smallest absolute Gasteiger partial charge is 0.311 e. The molecule has 1 aliphatic heterocycles. The van der Waals surface area contributed by atoms with E-state index in [2.05, 4.69) is 63.7 Å². The zero-order valence-corrected chi connectivity index (χ0v) is 17.4. The molecule has 0 radical (unpaired) electrons. The molecule has 1 aromatic heterocycles. The van der Waals surface area contributed by atoms with Crippen molar-refractivity contribution in [3.8, 4) is 0 Å². The predicted octanol–water partition coefficient (Wildman–Crippen LogP) is 2.63. The number of nitrogens with one attached hydrogen (secondary N) is 1. The molecule has 0 saturated carbocycles. The van der Waals surface area contributed by atoms with E-state index in [1.165, 1.54) is 11.1 Å². The number of piperazine rings is 1. The molecule has 0 atom stereocenters. The van der Waals surface area contributed by atoms with Crippen molar-refractivity contribution in [3.63, 3.8) is 0 Å². The molecule has 0 spiro atoms. The summed E-state index contributed by atoms with van der Waals surface area (Å²) in [5, 5.41) is 2.70. The van der Waals surface area contributed by atoms with Crippen LogP contribution in [0.4, 0.5) is 0 Å². The van der Waals surface area contributed by atoms with Crippen molar-refractivity contribution in [2.75, 3.05) is 26.2 Å². The van der Waals surface area contributed by atoms with Crippen molar-refractivity contribution < 1.29 is 9.59 Å². The average Bonchev–Trinajstić information content (AvgIpc) is 2.85. The van der Waals surface area contributed by atoms with Gasteiger partial charge in [0.15, 0.2) is 0 Å². The first-order valence-corrected chi connectivity index (χ1v) is 10.5. The van der Waals surface area contributed by atoms with E-state index in [-0.39, 0.29) is 6.04 Å². The van der Waals surface area contributed by atoms with E-state index in [0.717, 1.165) is 5.56 Å². The lowest BCUT2D eigenvalue weighted by molar-refractivity contribution is -0.147. The van der Waals surface area contributed by atoms with E-state index in [9.17, 15) is 9.59 Å². The summed E-state index contributed by atoms with van der Waals surface area (Å²) in [6.07, 6.45) is 3.35. The van der Waals surface area contributed by atoms with Gasteiger partial charge in [-0.3, -0.25) is 19.5 Å². The van der Waals surface area contributed by atoms with Gasteiger partial charge in [0.1, 0.15) is 0 Å². The molecule has 158 valence electrons. The number of pyridine rings is 1. The highest BCUT2D eigenvalue weighted by Gasteiger charge is 2.30. The second-order valence-electron chi connectivity index (χ2n) is 7.60. The second kappa shape index (κ2) is 10.00. The Hall–Kier alpha value is -3.51. The van der Waals surface area contributed by atoms with E-state index in [0.29, 0.717) is 32.7 Å². The standard InChI is InChI=1S/C25H26N4O2/c30-24(27-19-20-8-7-13-26-18-20)25(31)29-16-14-28(15-17-29)23(21-9-3-1-4-10-21)22-11-5-2-6-12-22/h1-13,18,23H,14-17,19H2,(H,27,30). The van der Waals surface area contributed by atoms with Crippen LogP contribution >= 0.6 is 0 Å². The van der Waals surface area contributed by atoms with E-state index in [1.54, 1.807) is 23.4 Å². The molecule has 6 nitrogen and oxygen atoms in total. The zero-order valence-electron chi connectivity index (χ0n) is 17.4. The van der Waals surface area contributed by atoms with Crippen LogP contribution in [0.2, 0.25) is 0 Å². The molecule has 2 heterocycles. The summed E-state index contributed by atoms with van der Waals surface area (Å²) in [5.41, 5.74) is 3.31. The van der Waals surface area contributed by atoms with Gasteiger partial charge in [-0.15, -0.1) is 0 Å². The van der Waals surface area contributed by atoms with E-state index < -0.39 is 11.8 Å². The molecule has 1 aliphatic rings. The Morgan fingerprint density at radius 1 is 0.839 bits per heavy atom. The third kappa shape index (κ3) is 5.16. The molecule has 0 bridgehead atoms. The summed E-state index contributed by atoms with van der Waals surface area (Å²) in [6, 6.07) is 24.6. The number of benzene rings is 2. The number of hydrogen-bond acceptors (Lipinski definition) is 4. The largest absolute Gasteiger partial charge is 0.344 e. The lowest BCUT2D eigenvalue weighted by atomic mass is 9.96. The van der Waals surface area contributed by atoms with Gasteiger partial charge in [-0.2, -0.15) is 0 Å². The van der Waals surface area contributed by atoms with Crippen LogP contribution in [0.25, 0.3) is 0 Å². The molecule has 3 aromatic rings. The van der Waals surface area contributed by atoms with Gasteiger partial charge < -0.3 is 10.2 Å². The number of aromatic nitrogens is 1. The van der Waals surface area contributed by atoms with Gasteiger partial charge in [-0.05, 0) is 22.8 Å². The fourth-order valence-electron chi connectivity index (χ4n) is 3.97. The summed E-state index contributed by atoms with van der Waals surface area (Å²) in [6.45, 7) is 2.75. The van der Waals surface area contributed by atoms with E-state index >= 15 is 0 Å². The Morgan fingerprint density at radius 2 is 1.45 bits per heavy atom. The number of amides is 2. The monoisotopic (exact) mass is 414 g/mol. The minimum Gasteiger partial charge on any atom is -0.344 e. The summed E-state index contributed by atoms with van der Waals surface area (Å²) in [5.74, 6) is -1.04. The first kappa shape index (κ1) is 20.8. The van der Waals surface area contributed by atoms with Crippen LogP contribution in [0.3, 0.4) is 0 Å².